The van der Waals surface area contributed by atoms with Crippen LogP contribution in [0, 0.1) is 20.9 Å². The van der Waals surface area contributed by atoms with E-state index in [-0.39, 0.29) is 10.6 Å². The lowest BCUT2D eigenvalue weighted by Gasteiger charge is -1.97. The third kappa shape index (κ3) is 2.06. The van der Waals surface area contributed by atoms with Gasteiger partial charge in [-0.3, -0.25) is 10.1 Å². The minimum atomic E-state index is -0.359. The zero-order valence-electron chi connectivity index (χ0n) is 7.70. The standard InChI is InChI=1S/C10H7NO2.N2/c12-11(13)10-7-3-5-8-4-1-2-6-9(8)10;1-2/h1-7H;. The SMILES string of the molecule is N#N.O=[N+]([O-])c1cccc2ccccc12. The van der Waals surface area contributed by atoms with E-state index in [0.29, 0.717) is 5.39 Å². The number of fused-ring (bicyclic) bond motifs is 1. The normalized spacial score (nSPS) is 8.93. The van der Waals surface area contributed by atoms with Gasteiger partial charge in [-0.2, -0.15) is 0 Å². The van der Waals surface area contributed by atoms with Gasteiger partial charge in [-0.15, -0.1) is 0 Å². The maximum absolute atomic E-state index is 10.6. The Morgan fingerprint density at radius 1 is 1.00 bits per heavy atom. The molecule has 0 bridgehead atoms. The fraction of sp³-hybridized carbons (Fsp3) is 0. The van der Waals surface area contributed by atoms with Crippen molar-refractivity contribution in [1.82, 2.24) is 0 Å². The summed E-state index contributed by atoms with van der Waals surface area (Å²) in [6.07, 6.45) is 0. The van der Waals surface area contributed by atoms with E-state index in [1.54, 1.807) is 18.2 Å². The highest BCUT2D eigenvalue weighted by Crippen LogP contribution is 2.24. The van der Waals surface area contributed by atoms with Gasteiger partial charge in [-0.05, 0) is 11.5 Å². The lowest BCUT2D eigenvalue weighted by Crippen LogP contribution is -1.88. The van der Waals surface area contributed by atoms with Crippen molar-refractivity contribution >= 4 is 16.5 Å². The van der Waals surface area contributed by atoms with Crippen LogP contribution in [-0.2, 0) is 0 Å². The Kier molecular flexibility index (Phi) is 3.30. The molecule has 0 heterocycles. The summed E-state index contributed by atoms with van der Waals surface area (Å²) in [6.45, 7) is 0. The van der Waals surface area contributed by atoms with E-state index in [1.807, 2.05) is 18.2 Å². The zero-order chi connectivity index (χ0) is 11.3. The molecule has 74 valence electrons. The summed E-state index contributed by atoms with van der Waals surface area (Å²) in [7, 11) is 0. The van der Waals surface area contributed by atoms with Crippen molar-refractivity contribution in [1.29, 1.82) is 10.8 Å². The van der Waals surface area contributed by atoms with Crippen LogP contribution in [0.2, 0.25) is 0 Å². The van der Waals surface area contributed by atoms with Gasteiger partial charge < -0.3 is 0 Å². The second-order valence-electron chi connectivity index (χ2n) is 2.76. The first-order chi connectivity index (χ1) is 7.29. The van der Waals surface area contributed by atoms with Crippen LogP contribution in [0.1, 0.15) is 0 Å². The van der Waals surface area contributed by atoms with Crippen LogP contribution in [0.4, 0.5) is 5.69 Å². The molecule has 0 unspecified atom stereocenters. The molecule has 0 spiro atoms. The lowest BCUT2D eigenvalue weighted by atomic mass is 10.1. The molecule has 15 heavy (non-hydrogen) atoms. The summed E-state index contributed by atoms with van der Waals surface area (Å²) >= 11 is 0. The van der Waals surface area contributed by atoms with E-state index in [0.717, 1.165) is 5.39 Å². The van der Waals surface area contributed by atoms with E-state index in [1.165, 1.54) is 6.07 Å². The Balaban J connectivity index is 0.000000531. The summed E-state index contributed by atoms with van der Waals surface area (Å²) < 4.78 is 0. The van der Waals surface area contributed by atoms with Gasteiger partial charge >= 0.3 is 0 Å². The van der Waals surface area contributed by atoms with Crippen molar-refractivity contribution < 1.29 is 4.92 Å². The van der Waals surface area contributed by atoms with Gasteiger partial charge in [0, 0.05) is 16.9 Å². The second kappa shape index (κ2) is 4.67. The van der Waals surface area contributed by atoms with Crippen molar-refractivity contribution in [3.8, 4) is 0 Å². The van der Waals surface area contributed by atoms with E-state index in [9.17, 15) is 10.1 Å². The number of benzene rings is 2. The van der Waals surface area contributed by atoms with Crippen molar-refractivity contribution in [2.45, 2.75) is 0 Å². The minimum absolute atomic E-state index is 0.165. The van der Waals surface area contributed by atoms with Crippen LogP contribution in [0.25, 0.3) is 10.8 Å². The highest BCUT2D eigenvalue weighted by atomic mass is 16.6. The van der Waals surface area contributed by atoms with Crippen molar-refractivity contribution in [3.63, 3.8) is 0 Å². The number of nitrogens with zero attached hydrogens (tertiary/aromatic N) is 3. The van der Waals surface area contributed by atoms with Crippen LogP contribution in [0.5, 0.6) is 0 Å². The molecular weight excluding hydrogens is 194 g/mol. The quantitative estimate of drug-likeness (QED) is 0.403. The molecule has 5 nitrogen and oxygen atoms in total. The Morgan fingerprint density at radius 3 is 2.27 bits per heavy atom. The van der Waals surface area contributed by atoms with E-state index < -0.39 is 0 Å². The van der Waals surface area contributed by atoms with Crippen LogP contribution < -0.4 is 0 Å². The molecule has 0 radical (unpaired) electrons. The number of nitro groups is 1. The molecule has 0 saturated carbocycles. The zero-order valence-corrected chi connectivity index (χ0v) is 7.70. The maximum Gasteiger partial charge on any atom is 0.277 e. The van der Waals surface area contributed by atoms with Crippen LogP contribution in [0.15, 0.2) is 42.5 Å². The van der Waals surface area contributed by atoms with E-state index in [2.05, 4.69) is 0 Å². The van der Waals surface area contributed by atoms with Crippen molar-refractivity contribution in [2.75, 3.05) is 0 Å². The first-order valence-electron chi connectivity index (χ1n) is 4.11. The second-order valence-corrected chi connectivity index (χ2v) is 2.76. The lowest BCUT2D eigenvalue weighted by molar-refractivity contribution is -0.383. The molecule has 0 aliphatic rings. The molecule has 0 atom stereocenters. The third-order valence-corrected chi connectivity index (χ3v) is 1.96. The molecule has 5 heteroatoms. The molecule has 0 saturated heterocycles. The Labute approximate surface area is 85.5 Å². The first kappa shape index (κ1) is 10.6. The summed E-state index contributed by atoms with van der Waals surface area (Å²) in [6, 6.07) is 12.4. The van der Waals surface area contributed by atoms with Crippen molar-refractivity contribution in [2.24, 2.45) is 0 Å². The molecule has 0 aliphatic carbocycles. The minimum Gasteiger partial charge on any atom is -0.258 e. The topological polar surface area (TPSA) is 90.7 Å². The van der Waals surface area contributed by atoms with Gasteiger partial charge in [0.25, 0.3) is 5.69 Å². The van der Waals surface area contributed by atoms with Crippen molar-refractivity contribution in [3.05, 3.63) is 52.6 Å². The first-order valence-corrected chi connectivity index (χ1v) is 4.11. The number of hydrogen-bond donors (Lipinski definition) is 0. The van der Waals surface area contributed by atoms with Gasteiger partial charge in [0.2, 0.25) is 0 Å². The average Bonchev–Trinajstić information content (AvgIpc) is 2.31. The summed E-state index contributed by atoms with van der Waals surface area (Å²) in [5, 5.41) is 24.2. The Morgan fingerprint density at radius 2 is 1.60 bits per heavy atom. The maximum atomic E-state index is 10.6. The highest BCUT2D eigenvalue weighted by molar-refractivity contribution is 5.90. The molecule has 2 aromatic carbocycles. The summed E-state index contributed by atoms with van der Waals surface area (Å²) in [5.74, 6) is 0. The average molecular weight is 201 g/mol. The smallest absolute Gasteiger partial charge is 0.258 e. The number of rotatable bonds is 1. The fourth-order valence-electron chi connectivity index (χ4n) is 1.37. The molecule has 0 amide bonds. The molecule has 0 fully saturated rings. The highest BCUT2D eigenvalue weighted by Gasteiger charge is 2.08. The van der Waals surface area contributed by atoms with Crippen LogP contribution in [0.3, 0.4) is 0 Å². The largest absolute Gasteiger partial charge is 0.277 e. The number of non-ortho nitro benzene ring substituents is 1. The fourth-order valence-corrected chi connectivity index (χ4v) is 1.37. The molecule has 2 rings (SSSR count). The van der Waals surface area contributed by atoms with Crippen LogP contribution >= 0.6 is 0 Å². The van der Waals surface area contributed by atoms with E-state index in [4.69, 9.17) is 10.8 Å². The predicted octanol–water partition coefficient (Wildman–Crippen LogP) is 2.78. The number of nitro benzene ring substituents is 1. The van der Waals surface area contributed by atoms with Crippen LogP contribution in [-0.4, -0.2) is 4.92 Å². The monoisotopic (exact) mass is 201 g/mol. The van der Waals surface area contributed by atoms with Gasteiger partial charge in [-0.1, -0.05) is 30.3 Å². The number of hydrogen-bond acceptors (Lipinski definition) is 4. The summed E-state index contributed by atoms with van der Waals surface area (Å²) in [4.78, 5) is 10.3. The molecule has 0 aliphatic heterocycles. The van der Waals surface area contributed by atoms with Gasteiger partial charge in [0.05, 0.1) is 10.3 Å². The molecule has 0 N–H and O–H groups in total. The third-order valence-electron chi connectivity index (χ3n) is 1.96. The summed E-state index contributed by atoms with van der Waals surface area (Å²) in [5.41, 5.74) is 0.165. The van der Waals surface area contributed by atoms with Gasteiger partial charge in [-0.25, -0.2) is 0 Å². The molecule has 0 aromatic heterocycles. The van der Waals surface area contributed by atoms with Gasteiger partial charge in [0.1, 0.15) is 0 Å². The predicted molar refractivity (Wildman–Crippen MR) is 54.1 cm³/mol. The molecular formula is C10H7N3O2. The Bertz CT molecular complexity index is 503. The Hall–Kier alpha value is -2.48. The van der Waals surface area contributed by atoms with Gasteiger partial charge in [0.15, 0.2) is 0 Å². The van der Waals surface area contributed by atoms with E-state index >= 15 is 0 Å². The molecule has 2 aromatic rings.